The summed E-state index contributed by atoms with van der Waals surface area (Å²) in [5, 5.41) is 5.62. The summed E-state index contributed by atoms with van der Waals surface area (Å²) in [4.78, 5) is 36.4. The number of hydrogen-bond acceptors (Lipinski definition) is 8. The molecule has 1 aromatic heterocycles. The maximum absolute atomic E-state index is 12.9. The van der Waals surface area contributed by atoms with Crippen LogP contribution in [-0.2, 0) is 20.9 Å². The van der Waals surface area contributed by atoms with Crippen molar-refractivity contribution in [1.29, 1.82) is 0 Å². The van der Waals surface area contributed by atoms with E-state index in [2.05, 4.69) is 10.3 Å². The molecule has 1 atom stereocenters. The molecule has 4 rings (SSSR count). The number of allylic oxidation sites excluding steroid dienone is 1. The summed E-state index contributed by atoms with van der Waals surface area (Å²) in [5.41, 5.74) is 3.78. The van der Waals surface area contributed by atoms with Gasteiger partial charge >= 0.3 is 5.97 Å². The molecular weight excluding hydrogens is 452 g/mol. The smallest absolute Gasteiger partial charge is 0.338 e. The number of methoxy groups -OCH3 is 2. The maximum Gasteiger partial charge on any atom is 0.338 e. The van der Waals surface area contributed by atoms with Crippen LogP contribution in [-0.4, -0.2) is 41.1 Å². The Kier molecular flexibility index (Phi) is 7.32. The third-order valence-electron chi connectivity index (χ3n) is 5.64. The second-order valence-corrected chi connectivity index (χ2v) is 8.52. The third kappa shape index (κ3) is 4.84. The fourth-order valence-corrected chi connectivity index (χ4v) is 4.88. The molecule has 34 heavy (non-hydrogen) atoms. The van der Waals surface area contributed by atoms with Crippen molar-refractivity contribution in [3.05, 3.63) is 82.3 Å². The number of pyridine rings is 1. The van der Waals surface area contributed by atoms with E-state index in [9.17, 15) is 9.59 Å². The molecule has 0 saturated heterocycles. The number of esters is 1. The minimum Gasteiger partial charge on any atom is -0.497 e. The first-order valence-electron chi connectivity index (χ1n) is 10.9. The largest absolute Gasteiger partial charge is 0.497 e. The van der Waals surface area contributed by atoms with Crippen LogP contribution in [0, 0.1) is 0 Å². The topological polar surface area (TPSA) is 93.1 Å². The fraction of sp³-hybridized carbons (Fsp3) is 0.280. The number of amides is 1. The van der Waals surface area contributed by atoms with Crippen LogP contribution in [0.3, 0.4) is 0 Å². The van der Waals surface area contributed by atoms with E-state index in [0.29, 0.717) is 24.2 Å². The molecule has 0 radical (unpaired) electrons. The van der Waals surface area contributed by atoms with Gasteiger partial charge in [-0.15, -0.1) is 0 Å². The van der Waals surface area contributed by atoms with Crippen LogP contribution >= 0.6 is 11.8 Å². The van der Waals surface area contributed by atoms with E-state index in [-0.39, 0.29) is 12.3 Å². The Labute approximate surface area is 202 Å². The highest BCUT2D eigenvalue weighted by atomic mass is 32.2. The molecule has 176 valence electrons. The molecule has 0 saturated carbocycles. The lowest BCUT2D eigenvalue weighted by molar-refractivity contribution is -0.136. The third-order valence-corrected chi connectivity index (χ3v) is 6.53. The predicted octanol–water partition coefficient (Wildman–Crippen LogP) is 3.93. The zero-order valence-electron chi connectivity index (χ0n) is 19.3. The Morgan fingerprint density at radius 3 is 2.50 bits per heavy atom. The van der Waals surface area contributed by atoms with Crippen molar-refractivity contribution in [2.45, 2.75) is 32.4 Å². The highest BCUT2D eigenvalue weighted by Gasteiger charge is 2.41. The molecule has 1 aromatic carbocycles. The summed E-state index contributed by atoms with van der Waals surface area (Å²) in [6.45, 7) is 2.38. The van der Waals surface area contributed by atoms with E-state index < -0.39 is 12.0 Å². The number of rotatable bonds is 8. The summed E-state index contributed by atoms with van der Waals surface area (Å²) in [6.07, 6.45) is 4.12. The summed E-state index contributed by atoms with van der Waals surface area (Å²) in [6, 6.07) is 10.8. The number of aliphatic imine (C=N–C) groups is 1. The van der Waals surface area contributed by atoms with Crippen LogP contribution in [0.25, 0.3) is 0 Å². The average molecular weight is 479 g/mol. The zero-order valence-corrected chi connectivity index (χ0v) is 20.1. The number of aromatic nitrogens is 1. The SMILES string of the molecule is CCC1=C(C(=O)OC)[C@@H](c2ccc(OC)cc2)N2C(CC(=O)NCc3ccncc3)=CSC2=N1. The van der Waals surface area contributed by atoms with Gasteiger partial charge in [-0.1, -0.05) is 30.8 Å². The van der Waals surface area contributed by atoms with E-state index in [1.54, 1.807) is 19.5 Å². The number of carbonyl (C=O) groups excluding carboxylic acids is 2. The van der Waals surface area contributed by atoms with E-state index in [1.807, 2.05) is 53.6 Å². The highest BCUT2D eigenvalue weighted by Crippen LogP contribution is 2.45. The van der Waals surface area contributed by atoms with E-state index >= 15 is 0 Å². The molecule has 1 amide bonds. The number of amidine groups is 1. The van der Waals surface area contributed by atoms with Gasteiger partial charge in [0.25, 0.3) is 0 Å². The van der Waals surface area contributed by atoms with E-state index in [4.69, 9.17) is 14.5 Å². The quantitative estimate of drug-likeness (QED) is 0.575. The normalized spacial score (nSPS) is 17.0. The lowest BCUT2D eigenvalue weighted by Crippen LogP contribution is -2.38. The van der Waals surface area contributed by atoms with Gasteiger partial charge in [0.1, 0.15) is 5.75 Å². The van der Waals surface area contributed by atoms with Gasteiger partial charge in [-0.25, -0.2) is 9.79 Å². The first-order chi connectivity index (χ1) is 16.5. The van der Waals surface area contributed by atoms with E-state index in [1.165, 1.54) is 18.9 Å². The number of nitrogens with zero attached hydrogens (tertiary/aromatic N) is 3. The number of thioether (sulfide) groups is 1. The summed E-state index contributed by atoms with van der Waals surface area (Å²) < 4.78 is 10.4. The van der Waals surface area contributed by atoms with Gasteiger partial charge in [0.05, 0.1) is 38.0 Å². The molecule has 2 aliphatic heterocycles. The molecule has 2 aliphatic rings. The van der Waals surface area contributed by atoms with Crippen molar-refractivity contribution >= 4 is 28.8 Å². The van der Waals surface area contributed by atoms with Crippen molar-refractivity contribution in [2.24, 2.45) is 4.99 Å². The molecule has 2 aromatic rings. The van der Waals surface area contributed by atoms with Crippen LogP contribution in [0.15, 0.2) is 76.2 Å². The first kappa shape index (κ1) is 23.6. The zero-order chi connectivity index (χ0) is 24.1. The Hall–Kier alpha value is -3.59. The second-order valence-electron chi connectivity index (χ2n) is 7.68. The molecule has 0 unspecified atom stereocenters. The number of benzene rings is 1. The average Bonchev–Trinajstić information content (AvgIpc) is 3.28. The van der Waals surface area contributed by atoms with Crippen LogP contribution in [0.4, 0.5) is 0 Å². The van der Waals surface area contributed by atoms with Gasteiger partial charge in [0.2, 0.25) is 5.91 Å². The second kappa shape index (κ2) is 10.6. The maximum atomic E-state index is 12.9. The van der Waals surface area contributed by atoms with Gasteiger partial charge in [-0.2, -0.15) is 0 Å². The minimum atomic E-state index is -0.463. The predicted molar refractivity (Wildman–Crippen MR) is 131 cm³/mol. The van der Waals surface area contributed by atoms with Crippen molar-refractivity contribution in [1.82, 2.24) is 15.2 Å². The Morgan fingerprint density at radius 1 is 1.12 bits per heavy atom. The lowest BCUT2D eigenvalue weighted by atomic mass is 9.93. The molecule has 8 nitrogen and oxygen atoms in total. The lowest BCUT2D eigenvalue weighted by Gasteiger charge is -2.36. The van der Waals surface area contributed by atoms with Gasteiger partial charge in [-0.05, 0) is 47.2 Å². The number of ether oxygens (including phenoxy) is 2. The molecular formula is C25H26N4O4S. The highest BCUT2D eigenvalue weighted by molar-refractivity contribution is 8.16. The molecule has 1 N–H and O–H groups in total. The molecule has 0 aliphatic carbocycles. The molecule has 3 heterocycles. The van der Waals surface area contributed by atoms with Gasteiger partial charge < -0.3 is 19.7 Å². The van der Waals surface area contributed by atoms with Crippen LogP contribution in [0.2, 0.25) is 0 Å². The van der Waals surface area contributed by atoms with Crippen molar-refractivity contribution in [3.63, 3.8) is 0 Å². The van der Waals surface area contributed by atoms with Crippen LogP contribution in [0.1, 0.15) is 36.9 Å². The number of hydrogen-bond donors (Lipinski definition) is 1. The Bertz CT molecular complexity index is 1160. The standard InChI is InChI=1S/C25H26N4O4S/c1-4-20-22(24(31)33-3)23(17-5-7-19(32-2)8-6-17)29-18(15-34-25(29)28-20)13-21(30)27-14-16-9-11-26-12-10-16/h5-12,15,23H,4,13-14H2,1-3H3,(H,27,30)/t23-/m1/s1. The summed E-state index contributed by atoms with van der Waals surface area (Å²) >= 11 is 1.45. The molecule has 9 heteroatoms. The minimum absolute atomic E-state index is 0.122. The van der Waals surface area contributed by atoms with Gasteiger partial charge in [0, 0.05) is 24.6 Å². The molecule has 0 bridgehead atoms. The number of nitrogens with one attached hydrogen (secondary N) is 1. The van der Waals surface area contributed by atoms with E-state index in [0.717, 1.165) is 27.7 Å². The van der Waals surface area contributed by atoms with Crippen LogP contribution < -0.4 is 10.1 Å². The Balaban J connectivity index is 1.63. The van der Waals surface area contributed by atoms with Gasteiger partial charge in [0.15, 0.2) is 5.17 Å². The number of fused-ring (bicyclic) bond motifs is 1. The fourth-order valence-electron chi connectivity index (χ4n) is 3.94. The first-order valence-corrected chi connectivity index (χ1v) is 11.8. The van der Waals surface area contributed by atoms with Crippen molar-refractivity contribution in [2.75, 3.05) is 14.2 Å². The summed E-state index contributed by atoms with van der Waals surface area (Å²) in [7, 11) is 2.98. The number of carbonyl (C=O) groups is 2. The van der Waals surface area contributed by atoms with Crippen LogP contribution in [0.5, 0.6) is 5.75 Å². The monoisotopic (exact) mass is 478 g/mol. The van der Waals surface area contributed by atoms with Crippen molar-refractivity contribution in [3.8, 4) is 5.75 Å². The van der Waals surface area contributed by atoms with Crippen molar-refractivity contribution < 1.29 is 19.1 Å². The Morgan fingerprint density at radius 2 is 1.85 bits per heavy atom. The summed E-state index contributed by atoms with van der Waals surface area (Å²) in [5.74, 6) is 0.164. The molecule has 0 fully saturated rings. The molecule has 0 spiro atoms. The van der Waals surface area contributed by atoms with Gasteiger partial charge in [-0.3, -0.25) is 9.78 Å².